The van der Waals surface area contributed by atoms with Gasteiger partial charge in [0.15, 0.2) is 0 Å². The Morgan fingerprint density at radius 1 is 0.808 bits per heavy atom. The predicted molar refractivity (Wildman–Crippen MR) is 113 cm³/mol. The van der Waals surface area contributed by atoms with Crippen molar-refractivity contribution in [3.05, 3.63) is 35.9 Å². The Morgan fingerprint density at radius 2 is 1.58 bits per heavy atom. The van der Waals surface area contributed by atoms with E-state index >= 15 is 0 Å². The van der Waals surface area contributed by atoms with E-state index in [1.165, 1.54) is 42.0 Å². The second-order valence-electron chi connectivity index (χ2n) is 6.79. The normalized spacial score (nSPS) is 11.0. The maximum Gasteiger partial charge on any atom is 0.123 e. The summed E-state index contributed by atoms with van der Waals surface area (Å²) in [5, 5.41) is 2.50. The van der Waals surface area contributed by atoms with Gasteiger partial charge in [0.2, 0.25) is 0 Å². The van der Waals surface area contributed by atoms with Crippen LogP contribution in [0.3, 0.4) is 0 Å². The van der Waals surface area contributed by atoms with E-state index in [1.807, 2.05) is 0 Å². The standard InChI is InChI=1S/C23H33ClO2/c1-3-16-25-20-12-13-22-19(18-20)11-14-23(21(22)4-2)26-17-10-8-6-5-7-9-15-24/h11-14,18H,3-10,15-17H2,1-2H3. The van der Waals surface area contributed by atoms with Crippen molar-refractivity contribution in [1.82, 2.24) is 0 Å². The fourth-order valence-corrected chi connectivity index (χ4v) is 3.44. The molecule has 0 aliphatic heterocycles. The number of rotatable bonds is 13. The van der Waals surface area contributed by atoms with Gasteiger partial charge in [0.1, 0.15) is 11.5 Å². The highest BCUT2D eigenvalue weighted by molar-refractivity contribution is 6.17. The molecule has 0 fully saturated rings. The Hall–Kier alpha value is -1.41. The van der Waals surface area contributed by atoms with E-state index in [0.717, 1.165) is 56.3 Å². The van der Waals surface area contributed by atoms with E-state index in [-0.39, 0.29) is 0 Å². The molecule has 2 nitrogen and oxygen atoms in total. The summed E-state index contributed by atoms with van der Waals surface area (Å²) in [6.07, 6.45) is 9.29. The minimum atomic E-state index is 0.763. The molecular formula is C23H33ClO2. The highest BCUT2D eigenvalue weighted by atomic mass is 35.5. The number of benzene rings is 2. The van der Waals surface area contributed by atoms with E-state index < -0.39 is 0 Å². The van der Waals surface area contributed by atoms with Crippen molar-refractivity contribution in [1.29, 1.82) is 0 Å². The number of unbranched alkanes of at least 4 members (excludes halogenated alkanes) is 5. The summed E-state index contributed by atoms with van der Waals surface area (Å²) in [6.45, 7) is 5.88. The summed E-state index contributed by atoms with van der Waals surface area (Å²) in [6, 6.07) is 10.6. The summed E-state index contributed by atoms with van der Waals surface area (Å²) in [5.41, 5.74) is 1.30. The third kappa shape index (κ3) is 6.39. The van der Waals surface area contributed by atoms with Gasteiger partial charge in [-0.25, -0.2) is 0 Å². The number of hydrogen-bond donors (Lipinski definition) is 0. The highest BCUT2D eigenvalue weighted by Crippen LogP contribution is 2.31. The average molecular weight is 377 g/mol. The lowest BCUT2D eigenvalue weighted by Crippen LogP contribution is -2.01. The number of alkyl halides is 1. The average Bonchev–Trinajstić information content (AvgIpc) is 2.67. The van der Waals surface area contributed by atoms with Crippen LogP contribution >= 0.6 is 11.6 Å². The quantitative estimate of drug-likeness (QED) is 0.273. The van der Waals surface area contributed by atoms with Crippen molar-refractivity contribution in [2.45, 2.75) is 65.2 Å². The van der Waals surface area contributed by atoms with Gasteiger partial charge in [-0.15, -0.1) is 11.6 Å². The molecule has 0 aromatic heterocycles. The molecule has 0 N–H and O–H groups in total. The maximum absolute atomic E-state index is 6.11. The molecule has 0 saturated heterocycles. The fraction of sp³-hybridized carbons (Fsp3) is 0.565. The van der Waals surface area contributed by atoms with Crippen LogP contribution < -0.4 is 9.47 Å². The molecule has 0 amide bonds. The van der Waals surface area contributed by atoms with Crippen LogP contribution in [0.4, 0.5) is 0 Å². The summed E-state index contributed by atoms with van der Waals surface area (Å²) < 4.78 is 11.9. The Labute approximate surface area is 163 Å². The van der Waals surface area contributed by atoms with Crippen LogP contribution in [0, 0.1) is 0 Å². The number of fused-ring (bicyclic) bond motifs is 1. The first kappa shape index (κ1) is 20.9. The lowest BCUT2D eigenvalue weighted by Gasteiger charge is -2.14. The summed E-state index contributed by atoms with van der Waals surface area (Å²) in [7, 11) is 0. The van der Waals surface area contributed by atoms with Gasteiger partial charge >= 0.3 is 0 Å². The van der Waals surface area contributed by atoms with Crippen LogP contribution in [-0.2, 0) is 6.42 Å². The lowest BCUT2D eigenvalue weighted by atomic mass is 10.0. The van der Waals surface area contributed by atoms with Crippen LogP contribution in [0.25, 0.3) is 10.8 Å². The number of hydrogen-bond acceptors (Lipinski definition) is 2. The Morgan fingerprint density at radius 3 is 2.31 bits per heavy atom. The molecule has 0 radical (unpaired) electrons. The zero-order chi connectivity index (χ0) is 18.6. The monoisotopic (exact) mass is 376 g/mol. The van der Waals surface area contributed by atoms with Gasteiger partial charge in [-0.05, 0) is 54.7 Å². The maximum atomic E-state index is 6.11. The van der Waals surface area contributed by atoms with Crippen LogP contribution in [0.5, 0.6) is 11.5 Å². The number of ether oxygens (including phenoxy) is 2. The lowest BCUT2D eigenvalue weighted by molar-refractivity contribution is 0.302. The molecule has 0 aliphatic rings. The Kier molecular flexibility index (Phi) is 9.70. The minimum absolute atomic E-state index is 0.763. The van der Waals surface area contributed by atoms with Crippen LogP contribution in [0.2, 0.25) is 0 Å². The van der Waals surface area contributed by atoms with Gasteiger partial charge in [0.25, 0.3) is 0 Å². The van der Waals surface area contributed by atoms with Gasteiger partial charge in [0, 0.05) is 11.4 Å². The molecule has 0 heterocycles. The molecular weight excluding hydrogens is 344 g/mol. The molecule has 0 bridgehead atoms. The molecule has 0 atom stereocenters. The smallest absolute Gasteiger partial charge is 0.123 e. The van der Waals surface area contributed by atoms with E-state index in [4.69, 9.17) is 21.1 Å². The number of aryl methyl sites for hydroxylation is 1. The fourth-order valence-electron chi connectivity index (χ4n) is 3.25. The molecule has 2 aromatic carbocycles. The molecule has 26 heavy (non-hydrogen) atoms. The van der Waals surface area contributed by atoms with E-state index in [0.29, 0.717) is 0 Å². The Bertz CT molecular complexity index is 654. The van der Waals surface area contributed by atoms with Gasteiger partial charge in [-0.3, -0.25) is 0 Å². The first-order valence-electron chi connectivity index (χ1n) is 10.2. The van der Waals surface area contributed by atoms with Crippen molar-refractivity contribution in [3.8, 4) is 11.5 Å². The van der Waals surface area contributed by atoms with Gasteiger partial charge in [-0.2, -0.15) is 0 Å². The topological polar surface area (TPSA) is 18.5 Å². The first-order valence-corrected chi connectivity index (χ1v) is 10.7. The van der Waals surface area contributed by atoms with E-state index in [1.54, 1.807) is 0 Å². The summed E-state index contributed by atoms with van der Waals surface area (Å²) in [4.78, 5) is 0. The van der Waals surface area contributed by atoms with E-state index in [2.05, 4.69) is 44.2 Å². The molecule has 3 heteroatoms. The third-order valence-corrected chi connectivity index (χ3v) is 4.94. The molecule has 144 valence electrons. The summed E-state index contributed by atoms with van der Waals surface area (Å²) >= 11 is 5.71. The largest absolute Gasteiger partial charge is 0.494 e. The van der Waals surface area contributed by atoms with Crippen molar-refractivity contribution >= 4 is 22.4 Å². The van der Waals surface area contributed by atoms with Crippen molar-refractivity contribution in [2.75, 3.05) is 19.1 Å². The van der Waals surface area contributed by atoms with Crippen molar-refractivity contribution < 1.29 is 9.47 Å². The SMILES string of the molecule is CCCOc1ccc2c(CC)c(OCCCCCCCCCl)ccc2c1. The molecule has 2 aromatic rings. The second-order valence-corrected chi connectivity index (χ2v) is 7.16. The van der Waals surface area contributed by atoms with Gasteiger partial charge < -0.3 is 9.47 Å². The predicted octanol–water partition coefficient (Wildman–Crippen LogP) is 7.15. The third-order valence-electron chi connectivity index (χ3n) is 4.67. The molecule has 0 unspecified atom stereocenters. The zero-order valence-electron chi connectivity index (χ0n) is 16.4. The van der Waals surface area contributed by atoms with E-state index in [9.17, 15) is 0 Å². The van der Waals surface area contributed by atoms with Crippen LogP contribution in [-0.4, -0.2) is 19.1 Å². The molecule has 0 aliphatic carbocycles. The molecule has 0 spiro atoms. The summed E-state index contributed by atoms with van der Waals surface area (Å²) in [5.74, 6) is 2.77. The van der Waals surface area contributed by atoms with Crippen LogP contribution in [0.1, 0.15) is 64.4 Å². The van der Waals surface area contributed by atoms with Crippen molar-refractivity contribution in [3.63, 3.8) is 0 Å². The zero-order valence-corrected chi connectivity index (χ0v) is 17.1. The van der Waals surface area contributed by atoms with Crippen molar-refractivity contribution in [2.24, 2.45) is 0 Å². The highest BCUT2D eigenvalue weighted by Gasteiger charge is 2.08. The van der Waals surface area contributed by atoms with Gasteiger partial charge in [0.05, 0.1) is 13.2 Å². The van der Waals surface area contributed by atoms with Crippen LogP contribution in [0.15, 0.2) is 30.3 Å². The van der Waals surface area contributed by atoms with Gasteiger partial charge in [-0.1, -0.05) is 51.7 Å². The number of halogens is 1. The molecule has 2 rings (SSSR count). The second kappa shape index (κ2) is 12.1. The Balaban J connectivity index is 1.91. The first-order chi connectivity index (χ1) is 12.8. The minimum Gasteiger partial charge on any atom is -0.494 e. The molecule has 0 saturated carbocycles.